The fourth-order valence-electron chi connectivity index (χ4n) is 1.11. The van der Waals surface area contributed by atoms with Crippen molar-refractivity contribution in [1.82, 2.24) is 4.31 Å². The smallest absolute Gasteiger partial charge is 0.324 e. The first kappa shape index (κ1) is 9.97. The van der Waals surface area contributed by atoms with Gasteiger partial charge in [0.25, 0.3) is 0 Å². The largest absolute Gasteiger partial charge is 0.480 e. The first-order chi connectivity index (χ1) is 5.93. The number of carbonyl (C=O) groups is 2. The van der Waals surface area contributed by atoms with Crippen LogP contribution in [0.1, 0.15) is 12.8 Å². The van der Waals surface area contributed by atoms with E-state index in [2.05, 4.69) is 0 Å². The molecule has 13 heavy (non-hydrogen) atoms. The van der Waals surface area contributed by atoms with Crippen LogP contribution in [0.25, 0.3) is 0 Å². The highest BCUT2D eigenvalue weighted by molar-refractivity contribution is 7.89. The van der Waals surface area contributed by atoms with Crippen molar-refractivity contribution in [2.24, 2.45) is 0 Å². The minimum atomic E-state index is -3.66. The summed E-state index contributed by atoms with van der Waals surface area (Å²) >= 11 is 0. The summed E-state index contributed by atoms with van der Waals surface area (Å²) in [7, 11) is -3.66. The molecule has 1 saturated heterocycles. The molecule has 0 atom stereocenters. The van der Waals surface area contributed by atoms with E-state index in [1.807, 2.05) is 0 Å². The fourth-order valence-corrected chi connectivity index (χ4v) is 2.54. The van der Waals surface area contributed by atoms with Crippen LogP contribution in [0.2, 0.25) is 0 Å². The van der Waals surface area contributed by atoms with Crippen LogP contribution in [-0.2, 0) is 19.6 Å². The van der Waals surface area contributed by atoms with Crippen LogP contribution < -0.4 is 0 Å². The summed E-state index contributed by atoms with van der Waals surface area (Å²) in [6.07, 6.45) is 0.379. The molecule has 1 rings (SSSR count). The van der Waals surface area contributed by atoms with E-state index in [1.54, 1.807) is 0 Å². The first-order valence-corrected chi connectivity index (χ1v) is 5.29. The second kappa shape index (κ2) is 3.33. The van der Waals surface area contributed by atoms with Gasteiger partial charge in [0.2, 0.25) is 15.9 Å². The lowest BCUT2D eigenvalue weighted by atomic mass is 10.3. The van der Waals surface area contributed by atoms with Gasteiger partial charge in [-0.3, -0.25) is 9.59 Å². The predicted octanol–water partition coefficient (Wildman–Crippen LogP) is -0.977. The molecular weight excluding hydrogens is 198 g/mol. The van der Waals surface area contributed by atoms with Gasteiger partial charge in [-0.25, -0.2) is 12.7 Å². The van der Waals surface area contributed by atoms with Crippen LogP contribution in [0.3, 0.4) is 0 Å². The highest BCUT2D eigenvalue weighted by Crippen LogP contribution is 2.14. The Morgan fingerprint density at radius 2 is 2.15 bits per heavy atom. The van der Waals surface area contributed by atoms with Crippen LogP contribution >= 0.6 is 0 Å². The number of amides is 1. The van der Waals surface area contributed by atoms with Crippen molar-refractivity contribution in [3.05, 3.63) is 0 Å². The standard InChI is InChI=1S/C6H9NO5S/c8-5-2-1-3-13(11,12)7(5)4-6(9)10/h1-4H2,(H,9,10). The van der Waals surface area contributed by atoms with Gasteiger partial charge in [-0.15, -0.1) is 0 Å². The lowest BCUT2D eigenvalue weighted by molar-refractivity contribution is -0.141. The quantitative estimate of drug-likeness (QED) is 0.628. The van der Waals surface area contributed by atoms with Gasteiger partial charge in [0.15, 0.2) is 0 Å². The van der Waals surface area contributed by atoms with Crippen molar-refractivity contribution in [3.63, 3.8) is 0 Å². The van der Waals surface area contributed by atoms with Gasteiger partial charge in [-0.2, -0.15) is 0 Å². The summed E-state index contributed by atoms with van der Waals surface area (Å²) in [5.41, 5.74) is 0. The molecule has 1 N–H and O–H groups in total. The molecule has 0 unspecified atom stereocenters. The maximum Gasteiger partial charge on any atom is 0.324 e. The van der Waals surface area contributed by atoms with Gasteiger partial charge in [-0.1, -0.05) is 0 Å². The van der Waals surface area contributed by atoms with Crippen LogP contribution in [0.5, 0.6) is 0 Å². The molecule has 0 aromatic rings. The van der Waals surface area contributed by atoms with Gasteiger partial charge in [-0.05, 0) is 6.42 Å². The summed E-state index contributed by atoms with van der Waals surface area (Å²) in [6, 6.07) is 0. The SMILES string of the molecule is O=C(O)CN1C(=O)CCCS1(=O)=O. The van der Waals surface area contributed by atoms with Crippen LogP contribution in [-0.4, -0.2) is 42.0 Å². The summed E-state index contributed by atoms with van der Waals surface area (Å²) < 4.78 is 22.8. The number of carboxylic acids is 1. The molecule has 0 aliphatic carbocycles. The molecule has 1 aliphatic rings. The van der Waals surface area contributed by atoms with Gasteiger partial charge >= 0.3 is 5.97 Å². The zero-order chi connectivity index (χ0) is 10.1. The number of carbonyl (C=O) groups excluding carboxylic acids is 1. The molecule has 1 aliphatic heterocycles. The van der Waals surface area contributed by atoms with E-state index in [0.29, 0.717) is 4.31 Å². The molecule has 0 saturated carbocycles. The van der Waals surface area contributed by atoms with E-state index in [-0.39, 0.29) is 18.6 Å². The number of nitrogens with zero attached hydrogens (tertiary/aromatic N) is 1. The highest BCUT2D eigenvalue weighted by Gasteiger charge is 2.32. The summed E-state index contributed by atoms with van der Waals surface area (Å²) in [4.78, 5) is 21.3. The van der Waals surface area contributed by atoms with Crippen molar-refractivity contribution in [1.29, 1.82) is 0 Å². The average molecular weight is 207 g/mol. The summed E-state index contributed by atoms with van der Waals surface area (Å²) in [5, 5.41) is 8.36. The molecule has 0 aromatic heterocycles. The minimum Gasteiger partial charge on any atom is -0.480 e. The zero-order valence-electron chi connectivity index (χ0n) is 6.76. The van der Waals surface area contributed by atoms with Crippen LogP contribution in [0, 0.1) is 0 Å². The fraction of sp³-hybridized carbons (Fsp3) is 0.667. The first-order valence-electron chi connectivity index (χ1n) is 3.68. The van der Waals surface area contributed by atoms with E-state index in [0.717, 1.165) is 0 Å². The van der Waals surface area contributed by atoms with Crippen molar-refractivity contribution in [3.8, 4) is 0 Å². The Labute approximate surface area is 75.2 Å². The maximum atomic E-state index is 11.2. The predicted molar refractivity (Wildman–Crippen MR) is 42.4 cm³/mol. The lowest BCUT2D eigenvalue weighted by Gasteiger charge is -2.24. The van der Waals surface area contributed by atoms with Crippen molar-refractivity contribution >= 4 is 21.9 Å². The maximum absolute atomic E-state index is 11.2. The van der Waals surface area contributed by atoms with E-state index < -0.39 is 28.4 Å². The van der Waals surface area contributed by atoms with Gasteiger partial charge in [0, 0.05) is 6.42 Å². The van der Waals surface area contributed by atoms with Gasteiger partial charge in [0.1, 0.15) is 6.54 Å². The Morgan fingerprint density at radius 1 is 1.54 bits per heavy atom. The number of aliphatic carboxylic acids is 1. The molecule has 0 radical (unpaired) electrons. The summed E-state index contributed by atoms with van der Waals surface area (Å²) in [6.45, 7) is -0.763. The van der Waals surface area contributed by atoms with Gasteiger partial charge < -0.3 is 5.11 Å². The molecule has 6 nitrogen and oxygen atoms in total. The third-order valence-electron chi connectivity index (χ3n) is 1.69. The molecule has 74 valence electrons. The molecule has 7 heteroatoms. The van der Waals surface area contributed by atoms with E-state index in [1.165, 1.54) is 0 Å². The highest BCUT2D eigenvalue weighted by atomic mass is 32.2. The van der Waals surface area contributed by atoms with Crippen molar-refractivity contribution in [2.45, 2.75) is 12.8 Å². The number of rotatable bonds is 2. The second-order valence-corrected chi connectivity index (χ2v) is 4.73. The third kappa shape index (κ3) is 2.18. The number of sulfonamides is 1. The Bertz CT molecular complexity index is 333. The van der Waals surface area contributed by atoms with E-state index in [9.17, 15) is 18.0 Å². The Balaban J connectivity index is 2.88. The normalized spacial score (nSPS) is 21.5. The molecule has 1 heterocycles. The number of hydrogen-bond acceptors (Lipinski definition) is 4. The minimum absolute atomic E-state index is 0.104. The molecular formula is C6H9NO5S. The molecule has 0 aromatic carbocycles. The Hall–Kier alpha value is -1.11. The van der Waals surface area contributed by atoms with Crippen molar-refractivity contribution in [2.75, 3.05) is 12.3 Å². The van der Waals surface area contributed by atoms with Gasteiger partial charge in [0.05, 0.1) is 5.75 Å². The lowest BCUT2D eigenvalue weighted by Crippen LogP contribution is -2.44. The Morgan fingerprint density at radius 3 is 2.62 bits per heavy atom. The topological polar surface area (TPSA) is 91.8 Å². The van der Waals surface area contributed by atoms with Crippen LogP contribution in [0.15, 0.2) is 0 Å². The molecule has 0 bridgehead atoms. The zero-order valence-corrected chi connectivity index (χ0v) is 7.58. The van der Waals surface area contributed by atoms with E-state index in [4.69, 9.17) is 5.11 Å². The van der Waals surface area contributed by atoms with E-state index >= 15 is 0 Å². The monoisotopic (exact) mass is 207 g/mol. The molecule has 1 amide bonds. The van der Waals surface area contributed by atoms with Crippen molar-refractivity contribution < 1.29 is 23.1 Å². The van der Waals surface area contributed by atoms with Crippen LogP contribution in [0.4, 0.5) is 0 Å². The molecule has 1 fully saturated rings. The third-order valence-corrected chi connectivity index (χ3v) is 3.49. The number of carboxylic acid groups (broad SMARTS) is 1. The number of hydrogen-bond donors (Lipinski definition) is 1. The summed E-state index contributed by atoms with van der Waals surface area (Å²) in [5.74, 6) is -2.10. The second-order valence-electron chi connectivity index (χ2n) is 2.71. The average Bonchev–Trinajstić information content (AvgIpc) is 1.96. The Kier molecular flexibility index (Phi) is 2.55. The molecule has 0 spiro atoms.